The predicted octanol–water partition coefficient (Wildman–Crippen LogP) is -0.0834. The van der Waals surface area contributed by atoms with Crippen molar-refractivity contribution in [1.29, 1.82) is 0 Å². The molecule has 7 heteroatoms. The first-order valence-corrected chi connectivity index (χ1v) is 8.96. The van der Waals surface area contributed by atoms with Crippen LogP contribution in [0.15, 0.2) is 0 Å². The van der Waals surface area contributed by atoms with Crippen LogP contribution in [0.2, 0.25) is 0 Å². The summed E-state index contributed by atoms with van der Waals surface area (Å²) in [4.78, 5) is 28.5. The van der Waals surface area contributed by atoms with E-state index in [9.17, 15) is 9.59 Å². The smallest absolute Gasteiger partial charge is 0.245 e. The molecule has 0 aromatic rings. The molecule has 0 bridgehead atoms. The number of amides is 2. The fraction of sp³-hybridized carbons (Fsp3) is 0.857. The molecular formula is C14H25N3O3S. The van der Waals surface area contributed by atoms with Crippen LogP contribution in [0, 0.1) is 0 Å². The molecule has 0 saturated carbocycles. The van der Waals surface area contributed by atoms with Crippen molar-refractivity contribution in [2.45, 2.75) is 31.3 Å². The van der Waals surface area contributed by atoms with Crippen molar-refractivity contribution in [2.24, 2.45) is 5.73 Å². The second-order valence-corrected chi connectivity index (χ2v) is 6.50. The van der Waals surface area contributed by atoms with Crippen LogP contribution in [0.5, 0.6) is 0 Å². The number of thioether (sulfide) groups is 1. The van der Waals surface area contributed by atoms with E-state index in [0.29, 0.717) is 39.3 Å². The van der Waals surface area contributed by atoms with E-state index in [4.69, 9.17) is 10.5 Å². The molecule has 2 N–H and O–H groups in total. The molecule has 2 aliphatic heterocycles. The molecule has 0 spiro atoms. The summed E-state index contributed by atoms with van der Waals surface area (Å²) in [5.74, 6) is 0.845. The van der Waals surface area contributed by atoms with Gasteiger partial charge in [-0.2, -0.15) is 11.8 Å². The standard InChI is InChI=1S/C14H25N3O3S/c1-21-10-4-11(15)13(18)17-5-2-3-12(17)14(19)16-6-8-20-9-7-16/h11-12H,2-10,15H2,1H3/t11-,12?/m1/s1. The van der Waals surface area contributed by atoms with Gasteiger partial charge in [0.05, 0.1) is 19.3 Å². The number of hydrogen-bond donors (Lipinski definition) is 1. The third-order valence-electron chi connectivity index (χ3n) is 4.09. The van der Waals surface area contributed by atoms with E-state index in [2.05, 4.69) is 0 Å². The number of nitrogens with zero attached hydrogens (tertiary/aromatic N) is 2. The largest absolute Gasteiger partial charge is 0.378 e. The van der Waals surface area contributed by atoms with E-state index in [-0.39, 0.29) is 17.9 Å². The highest BCUT2D eigenvalue weighted by atomic mass is 32.2. The Labute approximate surface area is 130 Å². The molecule has 2 heterocycles. The van der Waals surface area contributed by atoms with Crippen molar-refractivity contribution in [3.05, 3.63) is 0 Å². The minimum Gasteiger partial charge on any atom is -0.378 e. The van der Waals surface area contributed by atoms with E-state index in [1.165, 1.54) is 0 Å². The van der Waals surface area contributed by atoms with Gasteiger partial charge in [0.2, 0.25) is 11.8 Å². The minimum absolute atomic E-state index is 0.0567. The van der Waals surface area contributed by atoms with Gasteiger partial charge in [-0.15, -0.1) is 0 Å². The number of hydrogen-bond acceptors (Lipinski definition) is 5. The second kappa shape index (κ2) is 8.00. The molecule has 2 fully saturated rings. The Morgan fingerprint density at radius 3 is 2.71 bits per heavy atom. The highest BCUT2D eigenvalue weighted by molar-refractivity contribution is 7.98. The van der Waals surface area contributed by atoms with E-state index in [1.54, 1.807) is 16.7 Å². The Morgan fingerprint density at radius 1 is 1.33 bits per heavy atom. The number of morpholine rings is 1. The van der Waals surface area contributed by atoms with Crippen LogP contribution < -0.4 is 5.73 Å². The van der Waals surface area contributed by atoms with Crippen LogP contribution in [0.3, 0.4) is 0 Å². The lowest BCUT2D eigenvalue weighted by Gasteiger charge is -2.33. The van der Waals surface area contributed by atoms with Crippen LogP contribution in [-0.2, 0) is 14.3 Å². The zero-order chi connectivity index (χ0) is 15.2. The third kappa shape index (κ3) is 4.11. The highest BCUT2D eigenvalue weighted by Gasteiger charge is 2.38. The first-order valence-electron chi connectivity index (χ1n) is 7.56. The van der Waals surface area contributed by atoms with Crippen molar-refractivity contribution in [1.82, 2.24) is 9.80 Å². The summed E-state index contributed by atoms with van der Waals surface area (Å²) < 4.78 is 5.27. The van der Waals surface area contributed by atoms with Crippen molar-refractivity contribution in [3.63, 3.8) is 0 Å². The SMILES string of the molecule is CSCC[C@@H](N)C(=O)N1CCCC1C(=O)N1CCOCC1. The molecule has 2 aliphatic rings. The minimum atomic E-state index is -0.490. The summed E-state index contributed by atoms with van der Waals surface area (Å²) in [5, 5.41) is 0. The maximum Gasteiger partial charge on any atom is 0.245 e. The quantitative estimate of drug-likeness (QED) is 0.768. The summed E-state index contributed by atoms with van der Waals surface area (Å²) in [6, 6.07) is -0.813. The van der Waals surface area contributed by atoms with Gasteiger partial charge in [0.15, 0.2) is 0 Å². The fourth-order valence-electron chi connectivity index (χ4n) is 2.86. The number of likely N-dealkylation sites (tertiary alicyclic amines) is 1. The fourth-order valence-corrected chi connectivity index (χ4v) is 3.35. The molecule has 6 nitrogen and oxygen atoms in total. The van der Waals surface area contributed by atoms with E-state index >= 15 is 0 Å². The van der Waals surface area contributed by atoms with Gasteiger partial charge in [0.1, 0.15) is 6.04 Å². The van der Waals surface area contributed by atoms with Gasteiger partial charge >= 0.3 is 0 Å². The summed E-state index contributed by atoms with van der Waals surface area (Å²) in [6.07, 6.45) is 4.28. The Bertz CT molecular complexity index is 374. The summed E-state index contributed by atoms with van der Waals surface area (Å²) in [6.45, 7) is 3.05. The van der Waals surface area contributed by atoms with Crippen molar-refractivity contribution < 1.29 is 14.3 Å². The molecule has 2 atom stereocenters. The van der Waals surface area contributed by atoms with Gasteiger partial charge in [-0.3, -0.25) is 9.59 Å². The van der Waals surface area contributed by atoms with Crippen molar-refractivity contribution >= 4 is 23.6 Å². The molecule has 21 heavy (non-hydrogen) atoms. The Morgan fingerprint density at radius 2 is 2.05 bits per heavy atom. The molecule has 0 radical (unpaired) electrons. The topological polar surface area (TPSA) is 75.9 Å². The average molecular weight is 315 g/mol. The van der Waals surface area contributed by atoms with Gasteiger partial charge in [0, 0.05) is 19.6 Å². The maximum absolute atomic E-state index is 12.6. The Balaban J connectivity index is 1.95. The summed E-state index contributed by atoms with van der Waals surface area (Å²) in [5.41, 5.74) is 5.97. The predicted molar refractivity (Wildman–Crippen MR) is 83.1 cm³/mol. The van der Waals surface area contributed by atoms with Crippen LogP contribution in [-0.4, -0.2) is 78.6 Å². The van der Waals surface area contributed by atoms with Gasteiger partial charge < -0.3 is 20.3 Å². The summed E-state index contributed by atoms with van der Waals surface area (Å²) >= 11 is 1.68. The number of carbonyl (C=O) groups is 2. The molecule has 120 valence electrons. The number of carbonyl (C=O) groups excluding carboxylic acids is 2. The van der Waals surface area contributed by atoms with Crippen LogP contribution in [0.4, 0.5) is 0 Å². The van der Waals surface area contributed by atoms with Crippen LogP contribution >= 0.6 is 11.8 Å². The van der Waals surface area contributed by atoms with Gasteiger partial charge in [0.25, 0.3) is 0 Å². The molecule has 2 saturated heterocycles. The van der Waals surface area contributed by atoms with Gasteiger partial charge in [-0.1, -0.05) is 0 Å². The van der Waals surface area contributed by atoms with E-state index in [1.807, 2.05) is 11.2 Å². The molecule has 0 aliphatic carbocycles. The first kappa shape index (κ1) is 16.6. The third-order valence-corrected chi connectivity index (χ3v) is 4.74. The molecule has 0 aromatic carbocycles. The van der Waals surface area contributed by atoms with Gasteiger partial charge in [-0.05, 0) is 31.3 Å². The summed E-state index contributed by atoms with van der Waals surface area (Å²) in [7, 11) is 0. The van der Waals surface area contributed by atoms with Crippen LogP contribution in [0.1, 0.15) is 19.3 Å². The maximum atomic E-state index is 12.6. The monoisotopic (exact) mass is 315 g/mol. The molecule has 0 aromatic heterocycles. The highest BCUT2D eigenvalue weighted by Crippen LogP contribution is 2.21. The van der Waals surface area contributed by atoms with Gasteiger partial charge in [-0.25, -0.2) is 0 Å². The first-order chi connectivity index (χ1) is 10.1. The number of rotatable bonds is 5. The van der Waals surface area contributed by atoms with Crippen molar-refractivity contribution in [3.8, 4) is 0 Å². The second-order valence-electron chi connectivity index (χ2n) is 5.52. The lowest BCUT2D eigenvalue weighted by molar-refractivity contribution is -0.147. The lowest BCUT2D eigenvalue weighted by Crippen LogP contribution is -2.54. The molecule has 2 amide bonds. The Hall–Kier alpha value is -0.790. The zero-order valence-corrected chi connectivity index (χ0v) is 13.4. The van der Waals surface area contributed by atoms with Crippen LogP contribution in [0.25, 0.3) is 0 Å². The van der Waals surface area contributed by atoms with E-state index in [0.717, 1.165) is 18.6 Å². The molecule has 2 rings (SSSR count). The number of ether oxygens (including phenoxy) is 1. The lowest BCUT2D eigenvalue weighted by atomic mass is 10.1. The molecule has 1 unspecified atom stereocenters. The molecular weight excluding hydrogens is 290 g/mol. The average Bonchev–Trinajstić information content (AvgIpc) is 3.01. The number of nitrogens with two attached hydrogens (primary N) is 1. The normalized spacial score (nSPS) is 24.2. The van der Waals surface area contributed by atoms with Crippen molar-refractivity contribution in [2.75, 3.05) is 44.9 Å². The Kier molecular flexibility index (Phi) is 6.32. The zero-order valence-electron chi connectivity index (χ0n) is 12.6. The van der Waals surface area contributed by atoms with E-state index < -0.39 is 6.04 Å².